The minimum absolute atomic E-state index is 0.196. The SMILES string of the molecule is CS(=O)(=O)C1CCCC1N1C(=O)c2cccc(N)c2C1=O. The Labute approximate surface area is 122 Å². The molecule has 3 rings (SSSR count). The molecule has 1 fully saturated rings. The molecule has 1 aliphatic heterocycles. The van der Waals surface area contributed by atoms with Gasteiger partial charge in [-0.1, -0.05) is 6.07 Å². The maximum atomic E-state index is 12.5. The fraction of sp³-hybridized carbons (Fsp3) is 0.429. The summed E-state index contributed by atoms with van der Waals surface area (Å²) in [6.45, 7) is 0. The lowest BCUT2D eigenvalue weighted by atomic mass is 10.1. The number of hydrogen-bond acceptors (Lipinski definition) is 5. The smallest absolute Gasteiger partial charge is 0.263 e. The average molecular weight is 308 g/mol. The molecule has 1 saturated carbocycles. The lowest BCUT2D eigenvalue weighted by Crippen LogP contribution is -2.46. The van der Waals surface area contributed by atoms with Gasteiger partial charge in [0.25, 0.3) is 11.8 Å². The van der Waals surface area contributed by atoms with Crippen LogP contribution in [-0.4, -0.2) is 42.7 Å². The summed E-state index contributed by atoms with van der Waals surface area (Å²) in [6, 6.07) is 4.14. The lowest BCUT2D eigenvalue weighted by molar-refractivity contribution is 0.0590. The second kappa shape index (κ2) is 4.56. The van der Waals surface area contributed by atoms with E-state index in [2.05, 4.69) is 0 Å². The summed E-state index contributed by atoms with van der Waals surface area (Å²) in [7, 11) is -3.31. The largest absolute Gasteiger partial charge is 0.398 e. The number of benzene rings is 1. The van der Waals surface area contributed by atoms with E-state index in [0.717, 1.165) is 11.2 Å². The summed E-state index contributed by atoms with van der Waals surface area (Å²) in [4.78, 5) is 26.1. The molecule has 2 aliphatic rings. The van der Waals surface area contributed by atoms with Gasteiger partial charge in [0, 0.05) is 11.9 Å². The average Bonchev–Trinajstić information content (AvgIpc) is 2.94. The topological polar surface area (TPSA) is 97.5 Å². The predicted octanol–water partition coefficient (Wildman–Crippen LogP) is 0.830. The van der Waals surface area contributed by atoms with Crippen molar-refractivity contribution in [2.75, 3.05) is 12.0 Å². The minimum atomic E-state index is -3.31. The number of carbonyl (C=O) groups is 2. The normalized spacial score (nSPS) is 25.5. The van der Waals surface area contributed by atoms with Crippen molar-refractivity contribution in [3.63, 3.8) is 0 Å². The third-order valence-corrected chi connectivity index (χ3v) is 5.93. The van der Waals surface area contributed by atoms with E-state index in [-0.39, 0.29) is 16.8 Å². The van der Waals surface area contributed by atoms with Crippen molar-refractivity contribution in [3.05, 3.63) is 29.3 Å². The van der Waals surface area contributed by atoms with Crippen LogP contribution in [0.25, 0.3) is 0 Å². The summed E-state index contributed by atoms with van der Waals surface area (Å²) >= 11 is 0. The first kappa shape index (κ1) is 14.1. The highest BCUT2D eigenvalue weighted by atomic mass is 32.2. The zero-order chi connectivity index (χ0) is 15.4. The van der Waals surface area contributed by atoms with Gasteiger partial charge in [0.05, 0.1) is 22.4 Å². The second-order valence-corrected chi connectivity index (χ2v) is 7.88. The summed E-state index contributed by atoms with van der Waals surface area (Å²) in [5.41, 5.74) is 6.50. The number of rotatable bonds is 2. The summed E-state index contributed by atoms with van der Waals surface area (Å²) in [5.74, 6) is -0.920. The van der Waals surface area contributed by atoms with Gasteiger partial charge in [-0.3, -0.25) is 14.5 Å². The number of imide groups is 1. The van der Waals surface area contributed by atoms with Crippen molar-refractivity contribution in [2.24, 2.45) is 0 Å². The van der Waals surface area contributed by atoms with E-state index in [4.69, 9.17) is 5.73 Å². The number of amides is 2. The van der Waals surface area contributed by atoms with Gasteiger partial charge in [0.2, 0.25) is 0 Å². The molecular weight excluding hydrogens is 292 g/mol. The zero-order valence-corrected chi connectivity index (χ0v) is 12.4. The molecule has 2 N–H and O–H groups in total. The molecule has 1 heterocycles. The molecule has 0 aromatic heterocycles. The third kappa shape index (κ3) is 2.03. The minimum Gasteiger partial charge on any atom is -0.398 e. The summed E-state index contributed by atoms with van der Waals surface area (Å²) in [6.07, 6.45) is 2.84. The van der Waals surface area contributed by atoms with E-state index < -0.39 is 32.9 Å². The van der Waals surface area contributed by atoms with Crippen LogP contribution in [0, 0.1) is 0 Å². The van der Waals surface area contributed by atoms with E-state index in [1.54, 1.807) is 18.2 Å². The van der Waals surface area contributed by atoms with Gasteiger partial charge in [-0.2, -0.15) is 0 Å². The van der Waals surface area contributed by atoms with Crippen LogP contribution in [0.4, 0.5) is 5.69 Å². The van der Waals surface area contributed by atoms with Crippen molar-refractivity contribution < 1.29 is 18.0 Å². The van der Waals surface area contributed by atoms with Crippen molar-refractivity contribution in [3.8, 4) is 0 Å². The molecule has 0 radical (unpaired) electrons. The van der Waals surface area contributed by atoms with Crippen LogP contribution in [0.2, 0.25) is 0 Å². The van der Waals surface area contributed by atoms with Gasteiger partial charge in [0.15, 0.2) is 9.84 Å². The first-order valence-electron chi connectivity index (χ1n) is 6.77. The number of hydrogen-bond donors (Lipinski definition) is 1. The maximum Gasteiger partial charge on any atom is 0.263 e. The quantitative estimate of drug-likeness (QED) is 0.644. The van der Waals surface area contributed by atoms with Crippen LogP contribution in [0.1, 0.15) is 40.0 Å². The number of carbonyl (C=O) groups excluding carboxylic acids is 2. The molecule has 2 atom stereocenters. The Morgan fingerprint density at radius 3 is 2.52 bits per heavy atom. The lowest BCUT2D eigenvalue weighted by Gasteiger charge is -2.26. The molecule has 2 amide bonds. The zero-order valence-electron chi connectivity index (χ0n) is 11.6. The molecule has 0 spiro atoms. The summed E-state index contributed by atoms with van der Waals surface area (Å²) < 4.78 is 23.8. The number of nitrogens with two attached hydrogens (primary N) is 1. The molecule has 1 aromatic carbocycles. The first-order valence-corrected chi connectivity index (χ1v) is 8.73. The number of sulfone groups is 1. The van der Waals surface area contributed by atoms with Crippen molar-refractivity contribution >= 4 is 27.3 Å². The van der Waals surface area contributed by atoms with Gasteiger partial charge in [-0.25, -0.2) is 8.42 Å². The van der Waals surface area contributed by atoms with Crippen LogP contribution in [0.3, 0.4) is 0 Å². The van der Waals surface area contributed by atoms with Gasteiger partial charge in [0.1, 0.15) is 0 Å². The summed E-state index contributed by atoms with van der Waals surface area (Å²) in [5, 5.41) is -0.680. The standard InChI is InChI=1S/C14H16N2O4S/c1-21(19,20)11-7-3-6-10(11)16-13(17)8-4-2-5-9(15)12(8)14(16)18/h2,4-5,10-11H,3,6-7,15H2,1H3. The van der Waals surface area contributed by atoms with Crippen LogP contribution >= 0.6 is 0 Å². The Morgan fingerprint density at radius 2 is 1.90 bits per heavy atom. The fourth-order valence-corrected chi connectivity index (χ4v) is 4.76. The molecule has 7 heteroatoms. The number of nitrogen functional groups attached to an aromatic ring is 1. The molecule has 1 aromatic rings. The molecule has 0 bridgehead atoms. The Kier molecular flexibility index (Phi) is 3.05. The van der Waals surface area contributed by atoms with Gasteiger partial charge in [-0.15, -0.1) is 0 Å². The van der Waals surface area contributed by atoms with Crippen LogP contribution in [0.5, 0.6) is 0 Å². The second-order valence-electron chi connectivity index (χ2n) is 5.62. The molecule has 21 heavy (non-hydrogen) atoms. The number of fused-ring (bicyclic) bond motifs is 1. The highest BCUT2D eigenvalue weighted by Gasteiger charge is 2.47. The third-order valence-electron chi connectivity index (χ3n) is 4.28. The van der Waals surface area contributed by atoms with Crippen molar-refractivity contribution in [1.29, 1.82) is 0 Å². The number of anilines is 1. The Bertz CT molecular complexity index is 741. The molecule has 0 saturated heterocycles. The van der Waals surface area contributed by atoms with E-state index in [1.807, 2.05) is 0 Å². The van der Waals surface area contributed by atoms with E-state index >= 15 is 0 Å². The van der Waals surface area contributed by atoms with E-state index in [1.165, 1.54) is 0 Å². The Balaban J connectivity index is 2.04. The van der Waals surface area contributed by atoms with Gasteiger partial charge >= 0.3 is 0 Å². The van der Waals surface area contributed by atoms with Crippen LogP contribution in [0.15, 0.2) is 18.2 Å². The molecule has 2 unspecified atom stereocenters. The molecule has 112 valence electrons. The molecular formula is C14H16N2O4S. The number of nitrogens with zero attached hydrogens (tertiary/aromatic N) is 1. The molecule has 6 nitrogen and oxygen atoms in total. The van der Waals surface area contributed by atoms with E-state index in [0.29, 0.717) is 19.3 Å². The Morgan fingerprint density at radius 1 is 1.19 bits per heavy atom. The first-order chi connectivity index (χ1) is 9.82. The predicted molar refractivity (Wildman–Crippen MR) is 77.6 cm³/mol. The van der Waals surface area contributed by atoms with Crippen LogP contribution < -0.4 is 5.73 Å². The Hall–Kier alpha value is -1.89. The maximum absolute atomic E-state index is 12.5. The highest BCUT2D eigenvalue weighted by molar-refractivity contribution is 7.91. The van der Waals surface area contributed by atoms with Crippen LogP contribution in [-0.2, 0) is 9.84 Å². The highest BCUT2D eigenvalue weighted by Crippen LogP contribution is 2.36. The van der Waals surface area contributed by atoms with Crippen molar-refractivity contribution in [2.45, 2.75) is 30.6 Å². The van der Waals surface area contributed by atoms with Gasteiger partial charge < -0.3 is 5.73 Å². The monoisotopic (exact) mass is 308 g/mol. The van der Waals surface area contributed by atoms with Crippen molar-refractivity contribution in [1.82, 2.24) is 4.90 Å². The molecule has 1 aliphatic carbocycles. The fourth-order valence-electron chi connectivity index (χ4n) is 3.33. The van der Waals surface area contributed by atoms with Gasteiger partial charge in [-0.05, 0) is 31.4 Å². The van der Waals surface area contributed by atoms with E-state index in [9.17, 15) is 18.0 Å².